The molecule has 2 amide bonds. The average molecular weight is 323 g/mol. The minimum Gasteiger partial charge on any atom is -0.285 e. The first kappa shape index (κ1) is 15.9. The lowest BCUT2D eigenvalue weighted by Crippen LogP contribution is -2.38. The molecule has 3 rings (SSSR count). The van der Waals surface area contributed by atoms with Gasteiger partial charge in [0.05, 0.1) is 22.3 Å². The van der Waals surface area contributed by atoms with Gasteiger partial charge in [-0.1, -0.05) is 41.5 Å². The summed E-state index contributed by atoms with van der Waals surface area (Å²) in [5.74, 6) is -1.12. The molecule has 3 aliphatic rings. The van der Waals surface area contributed by atoms with Crippen LogP contribution in [0.5, 0.6) is 0 Å². The van der Waals surface area contributed by atoms with Crippen LogP contribution >= 0.6 is 0 Å². The highest BCUT2D eigenvalue weighted by molar-refractivity contribution is 7.87. The van der Waals surface area contributed by atoms with Crippen LogP contribution in [0.15, 0.2) is 11.1 Å². The van der Waals surface area contributed by atoms with Crippen LogP contribution in [0.3, 0.4) is 0 Å². The maximum atomic E-state index is 13.0. The van der Waals surface area contributed by atoms with Gasteiger partial charge < -0.3 is 0 Å². The Labute approximate surface area is 134 Å². The van der Waals surface area contributed by atoms with E-state index in [2.05, 4.69) is 41.5 Å². The van der Waals surface area contributed by atoms with Gasteiger partial charge in [-0.05, 0) is 22.0 Å². The minimum atomic E-state index is -1.16. The molecule has 0 aromatic heterocycles. The third kappa shape index (κ3) is 1.78. The molecule has 0 radical (unpaired) electrons. The number of fused-ring (bicyclic) bond motifs is 5. The monoisotopic (exact) mass is 323 g/mol. The number of amides is 2. The second-order valence-corrected chi connectivity index (χ2v) is 10.5. The lowest BCUT2D eigenvalue weighted by atomic mass is 9.64. The van der Waals surface area contributed by atoms with E-state index in [1.54, 1.807) is 7.05 Å². The molecule has 2 bridgehead atoms. The molecule has 5 atom stereocenters. The number of likely N-dealkylation sites (tertiary alicyclic amines) is 1. The molecule has 22 heavy (non-hydrogen) atoms. The van der Waals surface area contributed by atoms with Crippen LogP contribution in [0.1, 0.15) is 41.5 Å². The van der Waals surface area contributed by atoms with E-state index in [1.165, 1.54) is 4.90 Å². The van der Waals surface area contributed by atoms with Crippen molar-refractivity contribution in [1.29, 1.82) is 0 Å². The van der Waals surface area contributed by atoms with Crippen molar-refractivity contribution in [3.05, 3.63) is 11.1 Å². The molecular weight excluding hydrogens is 298 g/mol. The highest BCUT2D eigenvalue weighted by Gasteiger charge is 2.68. The quantitative estimate of drug-likeness (QED) is 0.507. The van der Waals surface area contributed by atoms with Crippen molar-refractivity contribution in [1.82, 2.24) is 4.90 Å². The zero-order valence-electron chi connectivity index (χ0n) is 14.4. The van der Waals surface area contributed by atoms with Crippen molar-refractivity contribution in [3.63, 3.8) is 0 Å². The van der Waals surface area contributed by atoms with E-state index >= 15 is 0 Å². The fourth-order valence-corrected chi connectivity index (χ4v) is 7.40. The van der Waals surface area contributed by atoms with Crippen LogP contribution in [-0.4, -0.2) is 38.5 Å². The molecule has 0 aromatic carbocycles. The Hall–Kier alpha value is -0.970. The van der Waals surface area contributed by atoms with E-state index in [0.29, 0.717) is 0 Å². The van der Waals surface area contributed by atoms with Gasteiger partial charge in [0.25, 0.3) is 0 Å². The number of nitrogens with zero attached hydrogens (tertiary/aromatic N) is 1. The third-order valence-corrected chi connectivity index (χ3v) is 7.31. The predicted octanol–water partition coefficient (Wildman–Crippen LogP) is 2.12. The highest BCUT2D eigenvalue weighted by Crippen LogP contribution is 2.60. The van der Waals surface area contributed by atoms with Gasteiger partial charge in [-0.2, -0.15) is 0 Å². The lowest BCUT2D eigenvalue weighted by Gasteiger charge is -2.37. The van der Waals surface area contributed by atoms with Gasteiger partial charge in [0, 0.05) is 17.8 Å². The van der Waals surface area contributed by atoms with E-state index in [1.807, 2.05) is 0 Å². The normalized spacial score (nSPS) is 38.3. The molecule has 4 nitrogen and oxygen atoms in total. The first-order valence-corrected chi connectivity index (χ1v) is 9.12. The minimum absolute atomic E-state index is 0.146. The van der Waals surface area contributed by atoms with E-state index < -0.39 is 22.6 Å². The average Bonchev–Trinajstić information content (AvgIpc) is 2.89. The Morgan fingerprint density at radius 2 is 1.14 bits per heavy atom. The SMILES string of the molecule is CN1C(=O)[C@@H]2[C@H](C1=O)[C@@H]1C(C(C)(C)C)=C(C(C)(C)C)[C@H]2S1=O. The Bertz CT molecular complexity index is 583. The van der Waals surface area contributed by atoms with E-state index in [9.17, 15) is 13.8 Å². The first-order valence-electron chi connectivity index (χ1n) is 7.85. The summed E-state index contributed by atoms with van der Waals surface area (Å²) in [5.41, 5.74) is 2.02. The fourth-order valence-electron chi connectivity index (χ4n) is 4.51. The zero-order valence-corrected chi connectivity index (χ0v) is 15.2. The summed E-state index contributed by atoms with van der Waals surface area (Å²) >= 11 is 0. The summed E-state index contributed by atoms with van der Waals surface area (Å²) in [7, 11) is 0.393. The van der Waals surface area contributed by atoms with Gasteiger partial charge in [-0.25, -0.2) is 0 Å². The second kappa shape index (κ2) is 4.31. The molecule has 122 valence electrons. The van der Waals surface area contributed by atoms with Crippen molar-refractivity contribution < 1.29 is 13.8 Å². The van der Waals surface area contributed by atoms with E-state index in [-0.39, 0.29) is 33.1 Å². The van der Waals surface area contributed by atoms with Crippen molar-refractivity contribution in [2.24, 2.45) is 22.7 Å². The molecule has 0 aliphatic carbocycles. The van der Waals surface area contributed by atoms with Crippen molar-refractivity contribution in [3.8, 4) is 0 Å². The number of carbonyl (C=O) groups excluding carboxylic acids is 2. The first-order chi connectivity index (χ1) is 9.89. The Balaban J connectivity index is 2.25. The third-order valence-electron chi connectivity index (χ3n) is 5.25. The number of hydrogen-bond acceptors (Lipinski definition) is 3. The molecule has 2 fully saturated rings. The van der Waals surface area contributed by atoms with Crippen LogP contribution < -0.4 is 0 Å². The summed E-state index contributed by atoms with van der Waals surface area (Å²) in [6.45, 7) is 12.7. The number of rotatable bonds is 0. The smallest absolute Gasteiger partial charge is 0.234 e. The van der Waals surface area contributed by atoms with E-state index in [4.69, 9.17) is 0 Å². The van der Waals surface area contributed by atoms with Gasteiger partial charge in [-0.15, -0.1) is 0 Å². The lowest BCUT2D eigenvalue weighted by molar-refractivity contribution is -0.138. The van der Waals surface area contributed by atoms with Gasteiger partial charge in [0.15, 0.2) is 0 Å². The Kier molecular flexibility index (Phi) is 3.12. The van der Waals surface area contributed by atoms with Crippen LogP contribution in [-0.2, 0) is 20.4 Å². The maximum absolute atomic E-state index is 13.0. The van der Waals surface area contributed by atoms with E-state index in [0.717, 1.165) is 11.1 Å². The Morgan fingerprint density at radius 1 is 0.818 bits per heavy atom. The topological polar surface area (TPSA) is 54.5 Å². The van der Waals surface area contributed by atoms with Crippen molar-refractivity contribution in [2.75, 3.05) is 7.05 Å². The summed E-state index contributed by atoms with van der Waals surface area (Å²) in [4.78, 5) is 26.3. The highest BCUT2D eigenvalue weighted by atomic mass is 32.2. The van der Waals surface area contributed by atoms with Crippen LogP contribution in [0.2, 0.25) is 0 Å². The van der Waals surface area contributed by atoms with Crippen LogP contribution in [0, 0.1) is 22.7 Å². The van der Waals surface area contributed by atoms with Gasteiger partial charge in [-0.3, -0.25) is 18.7 Å². The molecule has 1 unspecified atom stereocenters. The fraction of sp³-hybridized carbons (Fsp3) is 0.765. The van der Waals surface area contributed by atoms with Crippen molar-refractivity contribution in [2.45, 2.75) is 52.0 Å². The summed E-state index contributed by atoms with van der Waals surface area (Å²) in [6.07, 6.45) is 0. The largest absolute Gasteiger partial charge is 0.285 e. The summed E-state index contributed by atoms with van der Waals surface area (Å²) in [6, 6.07) is 0. The molecule has 0 saturated carbocycles. The predicted molar refractivity (Wildman–Crippen MR) is 86.4 cm³/mol. The molecule has 0 aromatic rings. The number of carbonyl (C=O) groups is 2. The number of hydrogen-bond donors (Lipinski definition) is 0. The molecular formula is C17H25NO3S. The molecule has 5 heteroatoms. The van der Waals surface area contributed by atoms with Gasteiger partial charge in [0.1, 0.15) is 0 Å². The summed E-state index contributed by atoms with van der Waals surface area (Å²) < 4.78 is 13.0. The second-order valence-electron chi connectivity index (χ2n) is 8.78. The van der Waals surface area contributed by atoms with Crippen LogP contribution in [0.4, 0.5) is 0 Å². The number of imide groups is 1. The molecule has 0 N–H and O–H groups in total. The molecule has 3 aliphatic heterocycles. The summed E-state index contributed by atoms with van der Waals surface area (Å²) in [5, 5.41) is -0.573. The van der Waals surface area contributed by atoms with Gasteiger partial charge >= 0.3 is 0 Å². The van der Waals surface area contributed by atoms with Crippen molar-refractivity contribution >= 4 is 22.6 Å². The maximum Gasteiger partial charge on any atom is 0.234 e. The molecule has 3 heterocycles. The van der Waals surface area contributed by atoms with Crippen LogP contribution in [0.25, 0.3) is 0 Å². The molecule has 0 spiro atoms. The molecule has 2 saturated heterocycles. The zero-order chi connectivity index (χ0) is 16.8. The van der Waals surface area contributed by atoms with Gasteiger partial charge in [0.2, 0.25) is 11.8 Å². The standard InChI is InChI=1S/C17H25NO3S/c1-16(2,3)10-11(17(4,5)6)13-9-8(12(10)22(13)21)14(19)18(7)15(9)20/h8-9,12-13H,1-7H3/t8-,9+,12+,13-,22?. The Morgan fingerprint density at radius 3 is 1.41 bits per heavy atom.